The van der Waals surface area contributed by atoms with Crippen molar-refractivity contribution in [3.63, 3.8) is 0 Å². The van der Waals surface area contributed by atoms with Crippen molar-refractivity contribution in [1.29, 1.82) is 0 Å². The Bertz CT molecular complexity index is 403. The first-order valence-corrected chi connectivity index (χ1v) is 6.20. The number of nitrogens with zero attached hydrogens (tertiary/aromatic N) is 3. The summed E-state index contributed by atoms with van der Waals surface area (Å²) in [5.74, 6) is 0.822. The van der Waals surface area contributed by atoms with Gasteiger partial charge in [0.25, 0.3) is 0 Å². The summed E-state index contributed by atoms with van der Waals surface area (Å²) in [6.07, 6.45) is 4.33. The highest BCUT2D eigenvalue weighted by molar-refractivity contribution is 5.34. The maximum absolute atomic E-state index is 5.36. The molecular formula is C12H18N4O. The van der Waals surface area contributed by atoms with E-state index in [2.05, 4.69) is 27.2 Å². The number of likely N-dealkylation sites (N-methyl/N-ethyl adjacent to an activating group) is 1. The highest BCUT2D eigenvalue weighted by Gasteiger charge is 2.21. The molecule has 1 fully saturated rings. The summed E-state index contributed by atoms with van der Waals surface area (Å²) in [5, 5.41) is 3.42. The van der Waals surface area contributed by atoms with Gasteiger partial charge in [0.2, 0.25) is 5.95 Å². The Morgan fingerprint density at radius 2 is 2.41 bits per heavy atom. The standard InChI is InChI=1S/C12H18N4O/c1-16(10-3-2-4-13-6-10)12-14-5-9-7-17-8-11(9)15-12/h5,10,13H,2-4,6-8H2,1H3. The number of rotatable bonds is 2. The first-order valence-electron chi connectivity index (χ1n) is 6.20. The van der Waals surface area contributed by atoms with E-state index in [0.717, 1.165) is 30.3 Å². The monoisotopic (exact) mass is 234 g/mol. The molecule has 5 heteroatoms. The van der Waals surface area contributed by atoms with Gasteiger partial charge in [-0.05, 0) is 19.4 Å². The zero-order valence-electron chi connectivity index (χ0n) is 10.1. The Morgan fingerprint density at radius 3 is 3.24 bits per heavy atom. The highest BCUT2D eigenvalue weighted by atomic mass is 16.5. The van der Waals surface area contributed by atoms with Crippen molar-refractivity contribution in [1.82, 2.24) is 15.3 Å². The summed E-state index contributed by atoms with van der Waals surface area (Å²) in [6, 6.07) is 0.504. The van der Waals surface area contributed by atoms with Crippen molar-refractivity contribution in [3.8, 4) is 0 Å². The third-order valence-corrected chi connectivity index (χ3v) is 3.57. The molecular weight excluding hydrogens is 216 g/mol. The second-order valence-electron chi connectivity index (χ2n) is 4.75. The molecule has 5 nitrogen and oxygen atoms in total. The third-order valence-electron chi connectivity index (χ3n) is 3.57. The van der Waals surface area contributed by atoms with Gasteiger partial charge in [0, 0.05) is 31.4 Å². The Morgan fingerprint density at radius 1 is 1.47 bits per heavy atom. The van der Waals surface area contributed by atoms with Gasteiger partial charge in [0.15, 0.2) is 0 Å². The van der Waals surface area contributed by atoms with E-state index in [0.29, 0.717) is 19.3 Å². The molecule has 3 heterocycles. The molecule has 1 aromatic heterocycles. The molecule has 17 heavy (non-hydrogen) atoms. The Kier molecular flexibility index (Phi) is 2.94. The van der Waals surface area contributed by atoms with Crippen molar-refractivity contribution in [3.05, 3.63) is 17.5 Å². The van der Waals surface area contributed by atoms with E-state index in [-0.39, 0.29) is 0 Å². The van der Waals surface area contributed by atoms with Gasteiger partial charge in [-0.15, -0.1) is 0 Å². The Balaban J connectivity index is 1.78. The zero-order valence-corrected chi connectivity index (χ0v) is 10.1. The Labute approximate surface area is 101 Å². The number of hydrogen-bond donors (Lipinski definition) is 1. The predicted molar refractivity (Wildman–Crippen MR) is 64.8 cm³/mol. The maximum Gasteiger partial charge on any atom is 0.225 e. The molecule has 0 amide bonds. The van der Waals surface area contributed by atoms with Crippen LogP contribution in [-0.2, 0) is 18.0 Å². The summed E-state index contributed by atoms with van der Waals surface area (Å²) < 4.78 is 5.36. The van der Waals surface area contributed by atoms with Gasteiger partial charge in [-0.3, -0.25) is 0 Å². The number of fused-ring (bicyclic) bond motifs is 1. The third kappa shape index (κ3) is 2.12. The van der Waals surface area contributed by atoms with Crippen molar-refractivity contribution < 1.29 is 4.74 Å². The first kappa shape index (κ1) is 10.9. The number of ether oxygens (including phenoxy) is 1. The molecule has 0 saturated carbocycles. The van der Waals surface area contributed by atoms with E-state index in [1.165, 1.54) is 12.8 Å². The fourth-order valence-corrected chi connectivity index (χ4v) is 2.43. The normalized spacial score (nSPS) is 23.5. The number of nitrogens with one attached hydrogen (secondary N) is 1. The lowest BCUT2D eigenvalue weighted by Gasteiger charge is -2.31. The van der Waals surface area contributed by atoms with Crippen LogP contribution in [0.1, 0.15) is 24.1 Å². The zero-order chi connectivity index (χ0) is 11.7. The van der Waals surface area contributed by atoms with E-state index in [1.807, 2.05) is 6.20 Å². The largest absolute Gasteiger partial charge is 0.370 e. The van der Waals surface area contributed by atoms with Gasteiger partial charge >= 0.3 is 0 Å². The molecule has 0 bridgehead atoms. The maximum atomic E-state index is 5.36. The van der Waals surface area contributed by atoms with Crippen LogP contribution in [0.4, 0.5) is 5.95 Å². The topological polar surface area (TPSA) is 50.3 Å². The van der Waals surface area contributed by atoms with E-state index in [1.54, 1.807) is 0 Å². The van der Waals surface area contributed by atoms with E-state index >= 15 is 0 Å². The van der Waals surface area contributed by atoms with E-state index in [4.69, 9.17) is 4.74 Å². The molecule has 0 radical (unpaired) electrons. The first-order chi connectivity index (χ1) is 8.34. The minimum atomic E-state index is 0.504. The van der Waals surface area contributed by atoms with Crippen LogP contribution in [0.5, 0.6) is 0 Å². The molecule has 1 atom stereocenters. The van der Waals surface area contributed by atoms with Gasteiger partial charge < -0.3 is 15.0 Å². The summed E-state index contributed by atoms with van der Waals surface area (Å²) in [7, 11) is 2.08. The van der Waals surface area contributed by atoms with Crippen LogP contribution in [-0.4, -0.2) is 36.1 Å². The minimum absolute atomic E-state index is 0.504. The van der Waals surface area contributed by atoms with Gasteiger partial charge in [-0.25, -0.2) is 9.97 Å². The fraction of sp³-hybridized carbons (Fsp3) is 0.667. The van der Waals surface area contributed by atoms with Gasteiger partial charge in [-0.1, -0.05) is 0 Å². The predicted octanol–water partition coefficient (Wildman–Crippen LogP) is 0.695. The molecule has 0 spiro atoms. The number of anilines is 1. The van der Waals surface area contributed by atoms with E-state index in [9.17, 15) is 0 Å². The number of piperidine rings is 1. The van der Waals surface area contributed by atoms with Crippen LogP contribution in [0.2, 0.25) is 0 Å². The van der Waals surface area contributed by atoms with E-state index < -0.39 is 0 Å². The molecule has 0 aliphatic carbocycles. The molecule has 3 rings (SSSR count). The van der Waals surface area contributed by atoms with Crippen LogP contribution >= 0.6 is 0 Å². The van der Waals surface area contributed by atoms with Crippen molar-refractivity contribution in [2.75, 3.05) is 25.0 Å². The molecule has 2 aliphatic heterocycles. The second kappa shape index (κ2) is 4.58. The van der Waals surface area contributed by atoms with Crippen LogP contribution in [0.25, 0.3) is 0 Å². The summed E-state index contributed by atoms with van der Waals surface area (Å²) in [6.45, 7) is 3.43. The summed E-state index contributed by atoms with van der Waals surface area (Å²) in [5.41, 5.74) is 2.18. The fourth-order valence-electron chi connectivity index (χ4n) is 2.43. The molecule has 1 saturated heterocycles. The van der Waals surface area contributed by atoms with Crippen LogP contribution in [0, 0.1) is 0 Å². The lowest BCUT2D eigenvalue weighted by molar-refractivity contribution is 0.133. The van der Waals surface area contributed by atoms with Crippen molar-refractivity contribution in [2.45, 2.75) is 32.1 Å². The average molecular weight is 234 g/mol. The second-order valence-corrected chi connectivity index (χ2v) is 4.75. The van der Waals surface area contributed by atoms with Crippen LogP contribution in [0.15, 0.2) is 6.20 Å². The summed E-state index contributed by atoms with van der Waals surface area (Å²) in [4.78, 5) is 11.2. The lowest BCUT2D eigenvalue weighted by Crippen LogP contribution is -2.44. The molecule has 1 aromatic rings. The molecule has 2 aliphatic rings. The molecule has 1 unspecified atom stereocenters. The number of hydrogen-bond acceptors (Lipinski definition) is 5. The smallest absolute Gasteiger partial charge is 0.225 e. The minimum Gasteiger partial charge on any atom is -0.370 e. The molecule has 0 aromatic carbocycles. The molecule has 1 N–H and O–H groups in total. The van der Waals surface area contributed by atoms with Crippen LogP contribution in [0.3, 0.4) is 0 Å². The van der Waals surface area contributed by atoms with Gasteiger partial charge in [0.05, 0.1) is 18.9 Å². The molecule has 92 valence electrons. The SMILES string of the molecule is CN(c1ncc2c(n1)COC2)C1CCCNC1. The number of aromatic nitrogens is 2. The average Bonchev–Trinajstić information content (AvgIpc) is 2.86. The van der Waals surface area contributed by atoms with Gasteiger partial charge in [-0.2, -0.15) is 0 Å². The van der Waals surface area contributed by atoms with Crippen molar-refractivity contribution >= 4 is 5.95 Å². The van der Waals surface area contributed by atoms with Gasteiger partial charge in [0.1, 0.15) is 0 Å². The lowest BCUT2D eigenvalue weighted by atomic mass is 10.1. The quantitative estimate of drug-likeness (QED) is 0.816. The Hall–Kier alpha value is -1.20. The summed E-state index contributed by atoms with van der Waals surface area (Å²) >= 11 is 0. The highest BCUT2D eigenvalue weighted by Crippen LogP contribution is 2.21. The van der Waals surface area contributed by atoms with Crippen LogP contribution < -0.4 is 10.2 Å². The van der Waals surface area contributed by atoms with Crippen molar-refractivity contribution in [2.24, 2.45) is 0 Å².